The molecule has 0 aromatic rings. The quantitative estimate of drug-likeness (QED) is 0.541. The molecule has 0 heterocycles. The summed E-state index contributed by atoms with van der Waals surface area (Å²) in [5.74, 6) is 1.50. The molecule has 0 spiro atoms. The van der Waals surface area contributed by atoms with Crippen molar-refractivity contribution in [1.82, 2.24) is 15.5 Å². The van der Waals surface area contributed by atoms with Crippen LogP contribution in [0.25, 0.3) is 0 Å². The van der Waals surface area contributed by atoms with Gasteiger partial charge in [-0.2, -0.15) is 0 Å². The second kappa shape index (κ2) is 6.47. The van der Waals surface area contributed by atoms with Gasteiger partial charge >= 0.3 is 0 Å². The van der Waals surface area contributed by atoms with E-state index in [4.69, 9.17) is 0 Å². The van der Waals surface area contributed by atoms with Gasteiger partial charge in [-0.15, -0.1) is 0 Å². The zero-order valence-electron chi connectivity index (χ0n) is 11.3. The van der Waals surface area contributed by atoms with Crippen LogP contribution in [0.4, 0.5) is 0 Å². The molecule has 0 saturated heterocycles. The fourth-order valence-corrected chi connectivity index (χ4v) is 1.38. The Balaban J connectivity index is 2.43. The van der Waals surface area contributed by atoms with E-state index < -0.39 is 0 Å². The highest BCUT2D eigenvalue weighted by Crippen LogP contribution is 2.28. The molecular weight excluding hydrogens is 216 g/mol. The van der Waals surface area contributed by atoms with Gasteiger partial charge in [-0.25, -0.2) is 4.99 Å². The molecule has 98 valence electrons. The number of rotatable bonds is 5. The molecule has 1 aliphatic rings. The van der Waals surface area contributed by atoms with Gasteiger partial charge < -0.3 is 15.5 Å². The summed E-state index contributed by atoms with van der Waals surface area (Å²) in [6.45, 7) is 5.39. The molecule has 17 heavy (non-hydrogen) atoms. The van der Waals surface area contributed by atoms with Crippen LogP contribution in [0.5, 0.6) is 0 Å². The van der Waals surface area contributed by atoms with E-state index in [1.165, 1.54) is 6.42 Å². The number of hydrogen-bond donors (Lipinski definition) is 2. The molecule has 2 N–H and O–H groups in total. The molecule has 1 saturated carbocycles. The Kier molecular flexibility index (Phi) is 5.25. The highest BCUT2D eigenvalue weighted by Gasteiger charge is 2.33. The number of carbonyl (C=O) groups excluding carboxylic acids is 1. The first kappa shape index (κ1) is 13.8. The maximum absolute atomic E-state index is 11.5. The topological polar surface area (TPSA) is 56.7 Å². The van der Waals surface area contributed by atoms with E-state index in [2.05, 4.69) is 29.5 Å². The molecule has 1 amide bonds. The van der Waals surface area contributed by atoms with Gasteiger partial charge in [-0.3, -0.25) is 4.79 Å². The van der Waals surface area contributed by atoms with E-state index in [1.54, 1.807) is 19.0 Å². The summed E-state index contributed by atoms with van der Waals surface area (Å²) in [6, 6.07) is 0.521. The Morgan fingerprint density at radius 1 is 1.47 bits per heavy atom. The molecule has 5 heteroatoms. The number of nitrogens with one attached hydrogen (secondary N) is 2. The Morgan fingerprint density at radius 3 is 2.59 bits per heavy atom. The van der Waals surface area contributed by atoms with Gasteiger partial charge in [0, 0.05) is 26.7 Å². The monoisotopic (exact) mass is 240 g/mol. The van der Waals surface area contributed by atoms with E-state index in [-0.39, 0.29) is 12.5 Å². The van der Waals surface area contributed by atoms with E-state index in [9.17, 15) is 4.79 Å². The molecule has 0 aromatic heterocycles. The average Bonchev–Trinajstić information content (AvgIpc) is 2.97. The van der Waals surface area contributed by atoms with Gasteiger partial charge in [0.1, 0.15) is 6.54 Å². The van der Waals surface area contributed by atoms with Gasteiger partial charge in [0.15, 0.2) is 5.96 Å². The van der Waals surface area contributed by atoms with Crippen LogP contribution in [-0.2, 0) is 4.79 Å². The smallest absolute Gasteiger partial charge is 0.243 e. The maximum atomic E-state index is 11.5. The molecule has 1 fully saturated rings. The summed E-state index contributed by atoms with van der Waals surface area (Å²) in [6.07, 6.45) is 2.23. The fourth-order valence-electron chi connectivity index (χ4n) is 1.38. The average molecular weight is 240 g/mol. The largest absolute Gasteiger partial charge is 0.356 e. The summed E-state index contributed by atoms with van der Waals surface area (Å²) >= 11 is 0. The Bertz CT molecular complexity index is 288. The van der Waals surface area contributed by atoms with Crippen LogP contribution in [0.2, 0.25) is 0 Å². The molecule has 1 aliphatic carbocycles. The van der Waals surface area contributed by atoms with Crippen LogP contribution in [0, 0.1) is 5.92 Å². The molecule has 2 atom stereocenters. The highest BCUT2D eigenvalue weighted by atomic mass is 16.2. The molecule has 0 bridgehead atoms. The zero-order valence-corrected chi connectivity index (χ0v) is 11.3. The highest BCUT2D eigenvalue weighted by molar-refractivity contribution is 5.85. The fraction of sp³-hybridized carbons (Fsp3) is 0.833. The predicted molar refractivity (Wildman–Crippen MR) is 70.0 cm³/mol. The van der Waals surface area contributed by atoms with Crippen LogP contribution in [-0.4, -0.2) is 50.0 Å². The first-order valence-electron chi connectivity index (χ1n) is 6.29. The Hall–Kier alpha value is -1.26. The summed E-state index contributed by atoms with van der Waals surface area (Å²) in [5, 5.41) is 6.56. The second-order valence-corrected chi connectivity index (χ2v) is 4.84. The van der Waals surface area contributed by atoms with E-state index in [0.29, 0.717) is 12.0 Å². The molecule has 0 aromatic carbocycles. The van der Waals surface area contributed by atoms with Crippen molar-refractivity contribution in [2.24, 2.45) is 10.9 Å². The second-order valence-electron chi connectivity index (χ2n) is 4.84. The van der Waals surface area contributed by atoms with E-state index in [0.717, 1.165) is 18.9 Å². The number of guanidine groups is 1. The lowest BCUT2D eigenvalue weighted by atomic mass is 10.4. The molecule has 0 radical (unpaired) electrons. The van der Waals surface area contributed by atoms with Crippen molar-refractivity contribution in [2.45, 2.75) is 32.7 Å². The Labute approximate surface area is 104 Å². The van der Waals surface area contributed by atoms with Crippen LogP contribution in [0.15, 0.2) is 4.99 Å². The number of nitrogens with zero attached hydrogens (tertiary/aromatic N) is 2. The Morgan fingerprint density at radius 2 is 2.12 bits per heavy atom. The van der Waals surface area contributed by atoms with Crippen molar-refractivity contribution in [3.63, 3.8) is 0 Å². The van der Waals surface area contributed by atoms with Crippen molar-refractivity contribution < 1.29 is 4.79 Å². The molecule has 5 nitrogen and oxygen atoms in total. The minimum atomic E-state index is 0.0199. The van der Waals surface area contributed by atoms with Gasteiger partial charge in [-0.1, -0.05) is 13.8 Å². The molecule has 0 aliphatic heterocycles. The number of amides is 1. The van der Waals surface area contributed by atoms with Gasteiger partial charge in [0.2, 0.25) is 5.91 Å². The normalized spacial score (nSPS) is 23.2. The maximum Gasteiger partial charge on any atom is 0.243 e. The van der Waals surface area contributed by atoms with Crippen LogP contribution < -0.4 is 10.6 Å². The molecule has 2 unspecified atom stereocenters. The zero-order chi connectivity index (χ0) is 12.8. The van der Waals surface area contributed by atoms with Crippen molar-refractivity contribution >= 4 is 11.9 Å². The summed E-state index contributed by atoms with van der Waals surface area (Å²) in [7, 11) is 3.49. The van der Waals surface area contributed by atoms with Crippen molar-refractivity contribution in [3.05, 3.63) is 0 Å². The third-order valence-corrected chi connectivity index (χ3v) is 2.85. The first-order chi connectivity index (χ1) is 8.04. The number of hydrogen-bond acceptors (Lipinski definition) is 2. The third-order valence-electron chi connectivity index (χ3n) is 2.85. The van der Waals surface area contributed by atoms with Crippen LogP contribution in [0.3, 0.4) is 0 Å². The summed E-state index contributed by atoms with van der Waals surface area (Å²) in [5.41, 5.74) is 0. The summed E-state index contributed by atoms with van der Waals surface area (Å²) < 4.78 is 0. The van der Waals surface area contributed by atoms with Gasteiger partial charge in [0.05, 0.1) is 0 Å². The van der Waals surface area contributed by atoms with Gasteiger partial charge in [-0.05, 0) is 18.8 Å². The standard InChI is InChI=1S/C12H24N4O/c1-5-6-13-12(15-10-7-9(10)2)14-8-11(17)16(3)4/h9-10H,5-8H2,1-4H3,(H2,13,14,15). The third kappa shape index (κ3) is 5.06. The van der Waals surface area contributed by atoms with Crippen molar-refractivity contribution in [3.8, 4) is 0 Å². The van der Waals surface area contributed by atoms with Crippen molar-refractivity contribution in [2.75, 3.05) is 27.2 Å². The first-order valence-corrected chi connectivity index (χ1v) is 6.29. The molecule has 1 rings (SSSR count). The SMILES string of the molecule is CCCNC(=NCC(=O)N(C)C)NC1CC1C. The van der Waals surface area contributed by atoms with Crippen LogP contribution in [0.1, 0.15) is 26.7 Å². The minimum absolute atomic E-state index is 0.0199. The lowest BCUT2D eigenvalue weighted by Crippen LogP contribution is -2.40. The van der Waals surface area contributed by atoms with Gasteiger partial charge in [0.25, 0.3) is 0 Å². The summed E-state index contributed by atoms with van der Waals surface area (Å²) in [4.78, 5) is 17.3. The van der Waals surface area contributed by atoms with E-state index >= 15 is 0 Å². The van der Waals surface area contributed by atoms with Crippen LogP contribution >= 0.6 is 0 Å². The number of aliphatic imine (C=N–C) groups is 1. The number of likely N-dealkylation sites (N-methyl/N-ethyl adjacent to an activating group) is 1. The lowest BCUT2D eigenvalue weighted by Gasteiger charge is -2.13. The predicted octanol–water partition coefficient (Wildman–Crippen LogP) is 0.428. The minimum Gasteiger partial charge on any atom is -0.356 e. The number of carbonyl (C=O) groups is 1. The van der Waals surface area contributed by atoms with E-state index in [1.807, 2.05) is 0 Å². The molecular formula is C12H24N4O. The van der Waals surface area contributed by atoms with Crippen molar-refractivity contribution in [1.29, 1.82) is 0 Å². The lowest BCUT2D eigenvalue weighted by molar-refractivity contribution is -0.127.